The minimum atomic E-state index is 0.138. The number of piperidine rings is 1. The molecule has 3 nitrogen and oxygen atoms in total. The molecule has 0 bridgehead atoms. The number of rotatable bonds is 4. The van der Waals surface area contributed by atoms with E-state index in [1.165, 1.54) is 17.7 Å². The lowest BCUT2D eigenvalue weighted by molar-refractivity contribution is -0.122. The second-order valence-electron chi connectivity index (χ2n) is 4.72. The zero-order valence-electron chi connectivity index (χ0n) is 10.2. The van der Waals surface area contributed by atoms with Crippen LogP contribution >= 0.6 is 11.3 Å². The van der Waals surface area contributed by atoms with Crippen LogP contribution in [0.4, 0.5) is 0 Å². The maximum absolute atomic E-state index is 11.9. The minimum Gasteiger partial charge on any atom is -0.349 e. The molecule has 0 saturated carbocycles. The van der Waals surface area contributed by atoms with E-state index in [0.717, 1.165) is 13.1 Å². The molecule has 2 N–H and O–H groups in total. The fraction of sp³-hybridized carbons (Fsp3) is 0.615. The Labute approximate surface area is 107 Å². The van der Waals surface area contributed by atoms with Crippen molar-refractivity contribution >= 4 is 17.2 Å². The van der Waals surface area contributed by atoms with E-state index in [1.54, 1.807) is 11.3 Å². The van der Waals surface area contributed by atoms with Gasteiger partial charge in [0.15, 0.2) is 0 Å². The monoisotopic (exact) mass is 252 g/mol. The standard InChI is InChI=1S/C13H20N2OS/c1-10(12-5-3-7-17-12)15-13(16)8-11-4-2-6-14-9-11/h3,5,7,10-11,14H,2,4,6,8-9H2,1H3,(H,15,16). The average Bonchev–Trinajstić information content (AvgIpc) is 2.83. The van der Waals surface area contributed by atoms with Crippen molar-refractivity contribution in [2.24, 2.45) is 5.92 Å². The zero-order chi connectivity index (χ0) is 12.1. The summed E-state index contributed by atoms with van der Waals surface area (Å²) in [4.78, 5) is 13.1. The number of carbonyl (C=O) groups is 1. The molecule has 0 radical (unpaired) electrons. The van der Waals surface area contributed by atoms with E-state index in [1.807, 2.05) is 18.4 Å². The molecule has 2 rings (SSSR count). The van der Waals surface area contributed by atoms with E-state index in [9.17, 15) is 4.79 Å². The molecule has 2 heterocycles. The minimum absolute atomic E-state index is 0.138. The molecule has 1 aliphatic heterocycles. The summed E-state index contributed by atoms with van der Waals surface area (Å²) in [5.41, 5.74) is 0. The van der Waals surface area contributed by atoms with E-state index in [0.29, 0.717) is 12.3 Å². The Morgan fingerprint density at radius 2 is 2.59 bits per heavy atom. The summed E-state index contributed by atoms with van der Waals surface area (Å²) in [7, 11) is 0. The summed E-state index contributed by atoms with van der Waals surface area (Å²) in [6, 6.07) is 4.23. The van der Waals surface area contributed by atoms with Crippen LogP contribution in [0.1, 0.15) is 37.1 Å². The molecule has 0 aromatic carbocycles. The Kier molecular flexibility index (Phi) is 4.57. The lowest BCUT2D eigenvalue weighted by Gasteiger charge is -2.23. The molecule has 1 aromatic heterocycles. The lowest BCUT2D eigenvalue weighted by Crippen LogP contribution is -2.34. The molecule has 2 atom stereocenters. The van der Waals surface area contributed by atoms with Crippen molar-refractivity contribution in [3.8, 4) is 0 Å². The first-order chi connectivity index (χ1) is 8.25. The van der Waals surface area contributed by atoms with Crippen molar-refractivity contribution in [3.63, 3.8) is 0 Å². The molecule has 1 aromatic rings. The third-order valence-electron chi connectivity index (χ3n) is 3.22. The van der Waals surface area contributed by atoms with Crippen LogP contribution in [0.25, 0.3) is 0 Å². The van der Waals surface area contributed by atoms with Crippen molar-refractivity contribution in [2.45, 2.75) is 32.2 Å². The lowest BCUT2D eigenvalue weighted by atomic mass is 9.96. The van der Waals surface area contributed by atoms with Crippen LogP contribution in [0.5, 0.6) is 0 Å². The molecular formula is C13H20N2OS. The molecule has 1 fully saturated rings. The number of nitrogens with one attached hydrogen (secondary N) is 2. The van der Waals surface area contributed by atoms with Gasteiger partial charge in [0.05, 0.1) is 6.04 Å². The van der Waals surface area contributed by atoms with Crippen molar-refractivity contribution in [3.05, 3.63) is 22.4 Å². The third-order valence-corrected chi connectivity index (χ3v) is 4.28. The molecule has 1 amide bonds. The van der Waals surface area contributed by atoms with Crippen molar-refractivity contribution in [1.82, 2.24) is 10.6 Å². The van der Waals surface area contributed by atoms with Crippen LogP contribution in [0.2, 0.25) is 0 Å². The Morgan fingerprint density at radius 3 is 3.24 bits per heavy atom. The van der Waals surface area contributed by atoms with E-state index >= 15 is 0 Å². The molecule has 2 unspecified atom stereocenters. The average molecular weight is 252 g/mol. The van der Waals surface area contributed by atoms with Crippen LogP contribution in [0.15, 0.2) is 17.5 Å². The third kappa shape index (κ3) is 3.82. The van der Waals surface area contributed by atoms with Gasteiger partial charge >= 0.3 is 0 Å². The maximum atomic E-state index is 11.9. The smallest absolute Gasteiger partial charge is 0.220 e. The number of hydrogen-bond donors (Lipinski definition) is 2. The second kappa shape index (κ2) is 6.17. The van der Waals surface area contributed by atoms with E-state index in [2.05, 4.69) is 16.7 Å². The van der Waals surface area contributed by atoms with Gasteiger partial charge in [0.25, 0.3) is 0 Å². The van der Waals surface area contributed by atoms with Crippen LogP contribution in [0, 0.1) is 5.92 Å². The highest BCUT2D eigenvalue weighted by molar-refractivity contribution is 7.10. The van der Waals surface area contributed by atoms with E-state index in [4.69, 9.17) is 0 Å². The molecule has 94 valence electrons. The SMILES string of the molecule is CC(NC(=O)CC1CCCNC1)c1cccs1. The Bertz CT molecular complexity index is 344. The molecular weight excluding hydrogens is 232 g/mol. The van der Waals surface area contributed by atoms with Gasteiger partial charge in [0, 0.05) is 11.3 Å². The second-order valence-corrected chi connectivity index (χ2v) is 5.70. The summed E-state index contributed by atoms with van der Waals surface area (Å²) < 4.78 is 0. The summed E-state index contributed by atoms with van der Waals surface area (Å²) in [6.07, 6.45) is 3.02. The maximum Gasteiger partial charge on any atom is 0.220 e. The Hall–Kier alpha value is -0.870. The summed E-state index contributed by atoms with van der Waals surface area (Å²) in [6.45, 7) is 4.13. The first kappa shape index (κ1) is 12.6. The van der Waals surface area contributed by atoms with Crippen LogP contribution < -0.4 is 10.6 Å². The highest BCUT2D eigenvalue weighted by Crippen LogP contribution is 2.19. The van der Waals surface area contributed by atoms with Crippen LogP contribution in [-0.2, 0) is 4.79 Å². The normalized spacial score (nSPS) is 22.1. The Morgan fingerprint density at radius 1 is 1.71 bits per heavy atom. The highest BCUT2D eigenvalue weighted by atomic mass is 32.1. The van der Waals surface area contributed by atoms with Gasteiger partial charge < -0.3 is 10.6 Å². The zero-order valence-corrected chi connectivity index (χ0v) is 11.1. The number of thiophene rings is 1. The van der Waals surface area contributed by atoms with E-state index < -0.39 is 0 Å². The predicted molar refractivity (Wildman–Crippen MR) is 71.1 cm³/mol. The summed E-state index contributed by atoms with van der Waals surface area (Å²) >= 11 is 1.69. The quantitative estimate of drug-likeness (QED) is 0.863. The number of amides is 1. The fourth-order valence-electron chi connectivity index (χ4n) is 2.27. The molecule has 0 spiro atoms. The highest BCUT2D eigenvalue weighted by Gasteiger charge is 2.18. The van der Waals surface area contributed by atoms with Gasteiger partial charge in [0.1, 0.15) is 0 Å². The molecule has 1 aliphatic rings. The van der Waals surface area contributed by atoms with Gasteiger partial charge in [-0.25, -0.2) is 0 Å². The van der Waals surface area contributed by atoms with Gasteiger partial charge in [-0.1, -0.05) is 6.07 Å². The topological polar surface area (TPSA) is 41.1 Å². The van der Waals surface area contributed by atoms with Crippen molar-refractivity contribution < 1.29 is 4.79 Å². The molecule has 17 heavy (non-hydrogen) atoms. The largest absolute Gasteiger partial charge is 0.349 e. The van der Waals surface area contributed by atoms with Gasteiger partial charge in [-0.2, -0.15) is 0 Å². The van der Waals surface area contributed by atoms with Crippen LogP contribution in [0.3, 0.4) is 0 Å². The number of hydrogen-bond acceptors (Lipinski definition) is 3. The van der Waals surface area contributed by atoms with Gasteiger partial charge in [-0.05, 0) is 50.2 Å². The van der Waals surface area contributed by atoms with E-state index in [-0.39, 0.29) is 11.9 Å². The summed E-state index contributed by atoms with van der Waals surface area (Å²) in [5.74, 6) is 0.693. The molecule has 4 heteroatoms. The first-order valence-corrected chi connectivity index (χ1v) is 7.17. The van der Waals surface area contributed by atoms with Crippen LogP contribution in [-0.4, -0.2) is 19.0 Å². The van der Waals surface area contributed by atoms with Gasteiger partial charge in [-0.15, -0.1) is 11.3 Å². The summed E-state index contributed by atoms with van der Waals surface area (Å²) in [5, 5.41) is 8.46. The first-order valence-electron chi connectivity index (χ1n) is 6.29. The predicted octanol–water partition coefficient (Wildman–Crippen LogP) is 2.32. The molecule has 1 saturated heterocycles. The molecule has 0 aliphatic carbocycles. The van der Waals surface area contributed by atoms with Crippen molar-refractivity contribution in [2.75, 3.05) is 13.1 Å². The fourth-order valence-corrected chi connectivity index (χ4v) is 3.00. The van der Waals surface area contributed by atoms with Crippen molar-refractivity contribution in [1.29, 1.82) is 0 Å². The number of carbonyl (C=O) groups excluding carboxylic acids is 1. The van der Waals surface area contributed by atoms with Gasteiger partial charge in [0.2, 0.25) is 5.91 Å². The Balaban J connectivity index is 1.76. The van der Waals surface area contributed by atoms with Gasteiger partial charge in [-0.3, -0.25) is 4.79 Å².